The summed E-state index contributed by atoms with van der Waals surface area (Å²) in [5, 5.41) is 7.92. The highest BCUT2D eigenvalue weighted by Crippen LogP contribution is 2.43. The van der Waals surface area contributed by atoms with E-state index >= 15 is 0 Å². The van der Waals surface area contributed by atoms with Gasteiger partial charge in [-0.3, -0.25) is 0 Å². The van der Waals surface area contributed by atoms with E-state index in [4.69, 9.17) is 0 Å². The fraction of sp³-hybridized carbons (Fsp3) is 0. The molecule has 0 radical (unpaired) electrons. The molecule has 0 N–H and O–H groups in total. The molecule has 0 fully saturated rings. The van der Waals surface area contributed by atoms with Gasteiger partial charge in [-0.2, -0.15) is 0 Å². The maximum atomic E-state index is 2.45. The van der Waals surface area contributed by atoms with Crippen LogP contribution < -0.4 is 0 Å². The van der Waals surface area contributed by atoms with Crippen LogP contribution in [0.15, 0.2) is 127 Å². The van der Waals surface area contributed by atoms with Crippen molar-refractivity contribution in [3.8, 4) is 16.8 Å². The van der Waals surface area contributed by atoms with Crippen molar-refractivity contribution >= 4 is 84.8 Å². The van der Waals surface area contributed by atoms with Crippen LogP contribution in [0.5, 0.6) is 0 Å². The van der Waals surface area contributed by atoms with Crippen LogP contribution in [0, 0.1) is 0 Å². The molecule has 0 saturated carbocycles. The second-order valence-corrected chi connectivity index (χ2v) is 12.3. The van der Waals surface area contributed by atoms with Gasteiger partial charge in [-0.25, -0.2) is 0 Å². The van der Waals surface area contributed by atoms with Crippen LogP contribution in [0.2, 0.25) is 0 Å². The highest BCUT2D eigenvalue weighted by Gasteiger charge is 2.17. The molecule has 9 rings (SSSR count). The van der Waals surface area contributed by atoms with Gasteiger partial charge >= 0.3 is 0 Å². The summed E-state index contributed by atoms with van der Waals surface area (Å²) >= 11 is 3.76. The van der Waals surface area contributed by atoms with Crippen LogP contribution in [0.3, 0.4) is 0 Å². The quantitative estimate of drug-likeness (QED) is 0.209. The van der Waals surface area contributed by atoms with E-state index in [0.29, 0.717) is 0 Å². The third-order valence-corrected chi connectivity index (χ3v) is 10.3. The molecule has 0 bridgehead atoms. The average Bonchev–Trinajstić information content (AvgIpc) is 3.66. The number of hydrogen-bond donors (Lipinski definition) is 0. The van der Waals surface area contributed by atoms with Gasteiger partial charge < -0.3 is 4.57 Å². The zero-order valence-corrected chi connectivity index (χ0v) is 22.5. The van der Waals surface area contributed by atoms with Gasteiger partial charge in [-0.1, -0.05) is 78.9 Å². The van der Waals surface area contributed by atoms with Crippen LogP contribution in [-0.4, -0.2) is 4.57 Å². The summed E-state index contributed by atoms with van der Waals surface area (Å²) in [5.74, 6) is 0. The van der Waals surface area contributed by atoms with E-state index in [0.717, 1.165) is 0 Å². The monoisotopic (exact) mass is 531 g/mol. The van der Waals surface area contributed by atoms with E-state index in [1.54, 1.807) is 0 Å². The lowest BCUT2D eigenvalue weighted by Crippen LogP contribution is -1.94. The first-order chi connectivity index (χ1) is 19.3. The fourth-order valence-corrected chi connectivity index (χ4v) is 8.51. The van der Waals surface area contributed by atoms with Gasteiger partial charge in [-0.15, -0.1) is 22.7 Å². The zero-order valence-electron chi connectivity index (χ0n) is 20.9. The van der Waals surface area contributed by atoms with Crippen molar-refractivity contribution in [2.45, 2.75) is 0 Å². The van der Waals surface area contributed by atoms with Crippen LogP contribution in [0.25, 0.3) is 79.0 Å². The maximum absolute atomic E-state index is 2.45. The number of thiophene rings is 2. The number of nitrogens with zero attached hydrogens (tertiary/aromatic N) is 1. The second-order valence-electron chi connectivity index (χ2n) is 10.1. The predicted octanol–water partition coefficient (Wildman–Crippen LogP) is 11.2. The second kappa shape index (κ2) is 8.03. The van der Waals surface area contributed by atoms with Gasteiger partial charge in [0.2, 0.25) is 0 Å². The Hall–Kier alpha value is -4.44. The van der Waals surface area contributed by atoms with Crippen molar-refractivity contribution < 1.29 is 0 Å². The van der Waals surface area contributed by atoms with E-state index in [9.17, 15) is 0 Å². The molecule has 6 aromatic carbocycles. The van der Waals surface area contributed by atoms with E-state index in [-0.39, 0.29) is 0 Å². The van der Waals surface area contributed by atoms with E-state index in [1.807, 2.05) is 22.7 Å². The largest absolute Gasteiger partial charge is 0.309 e. The highest BCUT2D eigenvalue weighted by molar-refractivity contribution is 7.26. The number of fused-ring (bicyclic) bond motifs is 9. The molecule has 0 spiro atoms. The third-order valence-electron chi connectivity index (χ3n) is 8.01. The van der Waals surface area contributed by atoms with Gasteiger partial charge in [-0.05, 0) is 59.7 Å². The van der Waals surface area contributed by atoms with Crippen molar-refractivity contribution in [3.05, 3.63) is 127 Å². The van der Waals surface area contributed by atoms with Gasteiger partial charge in [0.25, 0.3) is 0 Å². The molecule has 3 heteroatoms. The Morgan fingerprint density at radius 1 is 0.385 bits per heavy atom. The molecule has 9 aromatic rings. The maximum Gasteiger partial charge on any atom is 0.0555 e. The summed E-state index contributed by atoms with van der Waals surface area (Å²) in [6, 6.07) is 46.9. The predicted molar refractivity (Wildman–Crippen MR) is 172 cm³/mol. The van der Waals surface area contributed by atoms with Crippen molar-refractivity contribution in [1.82, 2.24) is 4.57 Å². The number of benzene rings is 6. The van der Waals surface area contributed by atoms with Crippen LogP contribution in [0.1, 0.15) is 0 Å². The third kappa shape index (κ3) is 3.06. The number of hydrogen-bond acceptors (Lipinski definition) is 2. The lowest BCUT2D eigenvalue weighted by Gasteiger charge is -2.10. The number of para-hydroxylation sites is 2. The van der Waals surface area contributed by atoms with Gasteiger partial charge in [0, 0.05) is 51.1 Å². The Balaban J connectivity index is 1.31. The van der Waals surface area contributed by atoms with E-state index in [1.165, 1.54) is 79.0 Å². The fourth-order valence-electron chi connectivity index (χ4n) is 6.26. The first-order valence-electron chi connectivity index (χ1n) is 13.2. The summed E-state index contributed by atoms with van der Waals surface area (Å²) in [5.41, 5.74) is 6.27. The van der Waals surface area contributed by atoms with E-state index < -0.39 is 0 Å². The molecule has 0 aliphatic heterocycles. The zero-order chi connectivity index (χ0) is 25.5. The molecule has 0 aliphatic carbocycles. The minimum absolute atomic E-state index is 1.24. The van der Waals surface area contributed by atoms with Gasteiger partial charge in [0.05, 0.1) is 16.7 Å². The molecule has 0 atom stereocenters. The normalized spacial score (nSPS) is 12.1. The highest BCUT2D eigenvalue weighted by atomic mass is 32.1. The minimum atomic E-state index is 1.24. The molecular weight excluding hydrogens is 511 g/mol. The summed E-state index contributed by atoms with van der Waals surface area (Å²) < 4.78 is 7.79. The first kappa shape index (κ1) is 21.5. The molecule has 0 aliphatic rings. The molecule has 1 nitrogen and oxygen atoms in total. The number of aromatic nitrogens is 1. The summed E-state index contributed by atoms with van der Waals surface area (Å²) in [7, 11) is 0. The Bertz CT molecular complexity index is 2350. The standard InChI is InChI=1S/C36H21NS2/c1-4-11-29-24(8-1)25-9-2-5-12-30(25)37(29)31-13-7-15-34-36(31)28-20-22(17-19-33(28)38-34)23-16-18-27-26-10-3-6-14-32(26)39-35(27)21-23/h1-21H. The Kier molecular flexibility index (Phi) is 4.43. The molecule has 0 saturated heterocycles. The lowest BCUT2D eigenvalue weighted by atomic mass is 10.0. The molecule has 39 heavy (non-hydrogen) atoms. The molecule has 3 heterocycles. The average molecular weight is 532 g/mol. The first-order valence-corrected chi connectivity index (χ1v) is 14.8. The Morgan fingerprint density at radius 3 is 1.79 bits per heavy atom. The topological polar surface area (TPSA) is 4.93 Å². The van der Waals surface area contributed by atoms with Crippen LogP contribution >= 0.6 is 22.7 Å². The van der Waals surface area contributed by atoms with Gasteiger partial charge in [0.1, 0.15) is 0 Å². The van der Waals surface area contributed by atoms with E-state index in [2.05, 4.69) is 132 Å². The summed E-state index contributed by atoms with van der Waals surface area (Å²) in [6.07, 6.45) is 0. The Morgan fingerprint density at radius 2 is 0.974 bits per heavy atom. The Labute approximate surface area is 232 Å². The molecule has 3 aromatic heterocycles. The molecule has 0 unspecified atom stereocenters. The number of rotatable bonds is 2. The molecular formula is C36H21NS2. The van der Waals surface area contributed by atoms with Crippen LogP contribution in [-0.2, 0) is 0 Å². The lowest BCUT2D eigenvalue weighted by molar-refractivity contribution is 1.20. The van der Waals surface area contributed by atoms with Crippen molar-refractivity contribution in [3.63, 3.8) is 0 Å². The summed E-state index contributed by atoms with van der Waals surface area (Å²) in [6.45, 7) is 0. The molecule has 182 valence electrons. The smallest absolute Gasteiger partial charge is 0.0555 e. The minimum Gasteiger partial charge on any atom is -0.309 e. The van der Waals surface area contributed by atoms with Crippen molar-refractivity contribution in [1.29, 1.82) is 0 Å². The SMILES string of the molecule is c1ccc2c(c1)sc1cc(-c3ccc4sc5cccc(-n6c7ccccc7c7ccccc76)c5c4c3)ccc12. The molecule has 0 amide bonds. The van der Waals surface area contributed by atoms with Crippen LogP contribution in [0.4, 0.5) is 0 Å². The van der Waals surface area contributed by atoms with Gasteiger partial charge in [0.15, 0.2) is 0 Å². The van der Waals surface area contributed by atoms with Crippen molar-refractivity contribution in [2.24, 2.45) is 0 Å². The van der Waals surface area contributed by atoms with Crippen molar-refractivity contribution in [2.75, 3.05) is 0 Å². The summed E-state index contributed by atoms with van der Waals surface area (Å²) in [4.78, 5) is 0.